The Hall–Kier alpha value is -3.39. The zero-order valence-electron chi connectivity index (χ0n) is 19.9. The second kappa shape index (κ2) is 8.62. The predicted molar refractivity (Wildman–Crippen MR) is 138 cm³/mol. The fourth-order valence-corrected chi connectivity index (χ4v) is 7.07. The normalized spacial score (nSPS) is 23.5. The van der Waals surface area contributed by atoms with Gasteiger partial charge in [-0.05, 0) is 91.5 Å². The van der Waals surface area contributed by atoms with Gasteiger partial charge >= 0.3 is 0 Å². The minimum absolute atomic E-state index is 0.416. The first kappa shape index (κ1) is 21.9. The third-order valence-electron chi connectivity index (χ3n) is 8.29. The largest absolute Gasteiger partial charge is 0.454 e. The van der Waals surface area contributed by atoms with Crippen LogP contribution in [0.2, 0.25) is 0 Å². The number of fused-ring (bicyclic) bond motifs is 4. The van der Waals surface area contributed by atoms with E-state index in [1.807, 2.05) is 29.6 Å². The molecular formula is C28H26FN5OS. The van der Waals surface area contributed by atoms with Gasteiger partial charge in [-0.2, -0.15) is 5.10 Å². The number of H-pyrrole nitrogens is 1. The van der Waals surface area contributed by atoms with Gasteiger partial charge in [0.1, 0.15) is 23.0 Å². The second-order valence-corrected chi connectivity index (χ2v) is 11.2. The number of nitrogens with zero attached hydrogens (tertiary/aromatic N) is 4. The molecule has 2 atom stereocenters. The van der Waals surface area contributed by atoms with Crippen molar-refractivity contribution in [1.29, 1.82) is 0 Å². The molecule has 0 amide bonds. The Morgan fingerprint density at radius 2 is 1.89 bits per heavy atom. The maximum absolute atomic E-state index is 14.0. The van der Waals surface area contributed by atoms with Gasteiger partial charge in [-0.25, -0.2) is 19.3 Å². The third kappa shape index (κ3) is 3.75. The summed E-state index contributed by atoms with van der Waals surface area (Å²) in [6, 6.07) is 11.5. The minimum Gasteiger partial charge on any atom is -0.454 e. The molecule has 5 heterocycles. The topological polar surface area (TPSA) is 80.5 Å². The molecule has 0 spiro atoms. The highest BCUT2D eigenvalue weighted by Gasteiger charge is 2.41. The number of pyridine rings is 1. The molecule has 8 heteroatoms. The summed E-state index contributed by atoms with van der Waals surface area (Å²) in [6.45, 7) is 2.42. The van der Waals surface area contributed by atoms with Crippen molar-refractivity contribution < 1.29 is 8.81 Å². The number of hydrogen-bond acceptors (Lipinski definition) is 6. The zero-order valence-corrected chi connectivity index (χ0v) is 20.8. The zero-order chi connectivity index (χ0) is 24.2. The van der Waals surface area contributed by atoms with E-state index < -0.39 is 5.82 Å². The van der Waals surface area contributed by atoms with Crippen LogP contribution in [0.3, 0.4) is 0 Å². The van der Waals surface area contributed by atoms with Crippen molar-refractivity contribution in [2.24, 2.45) is 23.7 Å². The lowest BCUT2D eigenvalue weighted by atomic mass is 9.58. The number of aromatic amines is 1. The van der Waals surface area contributed by atoms with Crippen LogP contribution in [0.1, 0.15) is 38.3 Å². The Morgan fingerprint density at radius 3 is 2.69 bits per heavy atom. The molecule has 5 aromatic heterocycles. The molecule has 0 saturated heterocycles. The average molecular weight is 500 g/mol. The monoisotopic (exact) mass is 499 g/mol. The van der Waals surface area contributed by atoms with Crippen LogP contribution < -0.4 is 0 Å². The van der Waals surface area contributed by atoms with E-state index in [-0.39, 0.29) is 0 Å². The number of furan rings is 1. The number of halogens is 1. The summed E-state index contributed by atoms with van der Waals surface area (Å²) < 4.78 is 20.3. The average Bonchev–Trinajstić information content (AvgIpc) is 3.67. The van der Waals surface area contributed by atoms with Crippen LogP contribution in [-0.2, 0) is 6.42 Å². The Balaban J connectivity index is 1.33. The van der Waals surface area contributed by atoms with Crippen molar-refractivity contribution in [2.75, 3.05) is 0 Å². The Labute approximate surface area is 212 Å². The first-order valence-corrected chi connectivity index (χ1v) is 13.5. The first-order valence-electron chi connectivity index (χ1n) is 12.6. The van der Waals surface area contributed by atoms with Crippen molar-refractivity contribution in [3.8, 4) is 33.6 Å². The number of thiophene rings is 1. The Morgan fingerprint density at radius 1 is 1.06 bits per heavy atom. The molecule has 6 nitrogen and oxygen atoms in total. The van der Waals surface area contributed by atoms with Gasteiger partial charge in [-0.15, -0.1) is 11.3 Å². The number of hydrogen-bond donors (Lipinski definition) is 1. The molecule has 2 bridgehead atoms. The molecule has 0 aliphatic heterocycles. The van der Waals surface area contributed by atoms with E-state index in [2.05, 4.69) is 28.2 Å². The highest BCUT2D eigenvalue weighted by molar-refractivity contribution is 7.13. The molecule has 0 aromatic carbocycles. The minimum atomic E-state index is -0.416. The number of rotatable bonds is 5. The van der Waals surface area contributed by atoms with Gasteiger partial charge in [-0.3, -0.25) is 5.10 Å². The Kier molecular flexibility index (Phi) is 5.23. The van der Waals surface area contributed by atoms with Crippen molar-refractivity contribution >= 4 is 22.4 Å². The molecule has 0 radical (unpaired) electrons. The van der Waals surface area contributed by atoms with Crippen LogP contribution >= 0.6 is 11.3 Å². The summed E-state index contributed by atoms with van der Waals surface area (Å²) in [7, 11) is 0. The van der Waals surface area contributed by atoms with E-state index in [1.165, 1.54) is 37.9 Å². The van der Waals surface area contributed by atoms with Crippen LogP contribution in [0, 0.1) is 29.5 Å². The SMILES string of the molecule is C[C@H]1C2CCC(CC2)[C@@H]1Cc1cc(-c2ccc(-c3cccs3)o2)nc(-c2[nH]nc3ncc(F)cc23)n1. The van der Waals surface area contributed by atoms with Crippen LogP contribution in [-0.4, -0.2) is 25.1 Å². The lowest BCUT2D eigenvalue weighted by Gasteiger charge is -2.47. The molecule has 5 aromatic rings. The van der Waals surface area contributed by atoms with Gasteiger partial charge in [0.25, 0.3) is 0 Å². The summed E-state index contributed by atoms with van der Waals surface area (Å²) >= 11 is 1.64. The van der Waals surface area contributed by atoms with Gasteiger partial charge in [0.05, 0.1) is 16.5 Å². The summed E-state index contributed by atoms with van der Waals surface area (Å²) in [5.74, 6) is 4.47. The van der Waals surface area contributed by atoms with Gasteiger partial charge in [0, 0.05) is 5.69 Å². The van der Waals surface area contributed by atoms with Gasteiger partial charge in [0.15, 0.2) is 17.2 Å². The summed E-state index contributed by atoms with van der Waals surface area (Å²) in [5.41, 5.74) is 2.72. The van der Waals surface area contributed by atoms with Crippen molar-refractivity contribution in [2.45, 2.75) is 39.0 Å². The highest BCUT2D eigenvalue weighted by Crippen LogP contribution is 2.49. The standard InChI is InChI=1S/C28H26FN5OS/c1-15-16-4-6-17(7-5-16)20(15)12-19-13-22(23-8-9-24(35-23)25-3-2-10-36-25)32-28(31-19)26-21-11-18(29)14-30-27(21)34-33-26/h2-3,8-11,13-17,20H,4-7,12H2,1H3,(H,30,33,34)/t15-,16?,17?,20+/m0/s1. The van der Waals surface area contributed by atoms with E-state index in [9.17, 15) is 4.39 Å². The Bertz CT molecular complexity index is 1530. The smallest absolute Gasteiger partial charge is 0.181 e. The van der Waals surface area contributed by atoms with Gasteiger partial charge < -0.3 is 4.42 Å². The van der Waals surface area contributed by atoms with Crippen molar-refractivity contribution in [3.63, 3.8) is 0 Å². The maximum atomic E-state index is 14.0. The molecule has 8 rings (SSSR count). The van der Waals surface area contributed by atoms with Crippen LogP contribution in [0.5, 0.6) is 0 Å². The molecule has 3 saturated carbocycles. The van der Waals surface area contributed by atoms with E-state index >= 15 is 0 Å². The molecular weight excluding hydrogens is 473 g/mol. The van der Waals surface area contributed by atoms with E-state index in [4.69, 9.17) is 14.4 Å². The van der Waals surface area contributed by atoms with E-state index in [0.717, 1.165) is 40.3 Å². The van der Waals surface area contributed by atoms with Crippen molar-refractivity contribution in [3.05, 3.63) is 59.5 Å². The fraction of sp³-hybridized carbons (Fsp3) is 0.357. The summed E-state index contributed by atoms with van der Waals surface area (Å²) in [6.07, 6.45) is 7.44. The number of nitrogens with one attached hydrogen (secondary N) is 1. The molecule has 3 aliphatic carbocycles. The molecule has 36 heavy (non-hydrogen) atoms. The summed E-state index contributed by atoms with van der Waals surface area (Å²) in [5, 5.41) is 9.86. The molecule has 0 unspecified atom stereocenters. The quantitative estimate of drug-likeness (QED) is 0.278. The van der Waals surface area contributed by atoms with E-state index in [1.54, 1.807) is 11.3 Å². The lowest BCUT2D eigenvalue weighted by Crippen LogP contribution is -2.39. The molecule has 1 N–H and O–H groups in total. The van der Waals surface area contributed by atoms with Gasteiger partial charge in [0.2, 0.25) is 0 Å². The number of aromatic nitrogens is 5. The highest BCUT2D eigenvalue weighted by atomic mass is 32.1. The van der Waals surface area contributed by atoms with Crippen LogP contribution in [0.15, 0.2) is 52.4 Å². The maximum Gasteiger partial charge on any atom is 0.181 e. The molecule has 182 valence electrons. The molecule has 3 fully saturated rings. The predicted octanol–water partition coefficient (Wildman–Crippen LogP) is 7.16. The van der Waals surface area contributed by atoms with E-state index in [0.29, 0.717) is 40.1 Å². The third-order valence-corrected chi connectivity index (χ3v) is 9.17. The van der Waals surface area contributed by atoms with Crippen LogP contribution in [0.4, 0.5) is 4.39 Å². The second-order valence-electron chi connectivity index (χ2n) is 10.2. The molecule has 3 aliphatic rings. The van der Waals surface area contributed by atoms with Crippen LogP contribution in [0.25, 0.3) is 44.6 Å². The lowest BCUT2D eigenvalue weighted by molar-refractivity contribution is 0.0339. The summed E-state index contributed by atoms with van der Waals surface area (Å²) in [4.78, 5) is 15.0. The van der Waals surface area contributed by atoms with Crippen molar-refractivity contribution in [1.82, 2.24) is 25.1 Å². The first-order chi connectivity index (χ1) is 17.6. The fourth-order valence-electron chi connectivity index (χ4n) is 6.38. The van der Waals surface area contributed by atoms with Gasteiger partial charge in [-0.1, -0.05) is 13.0 Å².